The number of anilines is 1. The predicted octanol–water partition coefficient (Wildman–Crippen LogP) is 1.56. The molecule has 1 fully saturated rings. The fourth-order valence-corrected chi connectivity index (χ4v) is 2.79. The van der Waals surface area contributed by atoms with E-state index in [0.717, 1.165) is 19.3 Å². The normalized spacial score (nSPS) is 18.6. The van der Waals surface area contributed by atoms with Crippen LogP contribution in [0.1, 0.15) is 31.5 Å². The summed E-state index contributed by atoms with van der Waals surface area (Å²) >= 11 is 0. The first kappa shape index (κ1) is 15.3. The predicted molar refractivity (Wildman–Crippen MR) is 76.2 cm³/mol. The molecule has 0 N–H and O–H groups in total. The number of esters is 1. The Morgan fingerprint density at radius 1 is 1.52 bits per heavy atom. The number of rotatable bonds is 4. The lowest BCUT2D eigenvalue weighted by Gasteiger charge is -2.36. The van der Waals surface area contributed by atoms with Crippen molar-refractivity contribution in [3.8, 4) is 0 Å². The van der Waals surface area contributed by atoms with Crippen molar-refractivity contribution in [3.63, 3.8) is 0 Å². The molecule has 1 aliphatic heterocycles. The minimum atomic E-state index is -0.466. The summed E-state index contributed by atoms with van der Waals surface area (Å²) in [4.78, 5) is 28.3. The molecule has 1 aliphatic rings. The highest BCUT2D eigenvalue weighted by Crippen LogP contribution is 2.33. The number of carbonyl (C=O) groups is 1. The quantitative estimate of drug-likeness (QED) is 0.476. The second-order valence-corrected chi connectivity index (χ2v) is 5.25. The number of nitro groups is 1. The van der Waals surface area contributed by atoms with Crippen molar-refractivity contribution in [1.82, 2.24) is 9.55 Å². The number of ether oxygens (including phenoxy) is 1. The Balaban J connectivity index is 2.37. The number of piperidine rings is 1. The van der Waals surface area contributed by atoms with Crippen molar-refractivity contribution in [1.29, 1.82) is 0 Å². The van der Waals surface area contributed by atoms with E-state index in [1.807, 2.05) is 4.90 Å². The Morgan fingerprint density at radius 3 is 2.86 bits per heavy atom. The first-order valence-corrected chi connectivity index (χ1v) is 6.96. The van der Waals surface area contributed by atoms with Crippen LogP contribution in [0.2, 0.25) is 0 Å². The molecule has 21 heavy (non-hydrogen) atoms. The Labute approximate surface area is 122 Å². The van der Waals surface area contributed by atoms with Gasteiger partial charge in [-0.05, 0) is 29.2 Å². The maximum atomic E-state index is 11.6. The molecular formula is C13H20N4O4. The van der Waals surface area contributed by atoms with Gasteiger partial charge >= 0.3 is 11.8 Å². The van der Waals surface area contributed by atoms with Crippen LogP contribution in [0, 0.1) is 17.0 Å². The minimum Gasteiger partial charge on any atom is -0.469 e. The Kier molecular flexibility index (Phi) is 4.44. The minimum absolute atomic E-state index is 0.0836. The first-order chi connectivity index (χ1) is 9.95. The van der Waals surface area contributed by atoms with Gasteiger partial charge in [0.2, 0.25) is 11.6 Å². The van der Waals surface area contributed by atoms with Gasteiger partial charge in [0, 0.05) is 26.6 Å². The molecule has 0 radical (unpaired) electrons. The number of carbonyl (C=O) groups excluding carboxylic acids is 1. The molecule has 8 nitrogen and oxygen atoms in total. The van der Waals surface area contributed by atoms with Crippen LogP contribution in [0.25, 0.3) is 0 Å². The van der Waals surface area contributed by atoms with Gasteiger partial charge in [-0.1, -0.05) is 0 Å². The third-order valence-electron chi connectivity index (χ3n) is 3.97. The van der Waals surface area contributed by atoms with Gasteiger partial charge in [0.15, 0.2) is 0 Å². The second-order valence-electron chi connectivity index (χ2n) is 5.25. The molecule has 1 unspecified atom stereocenters. The van der Waals surface area contributed by atoms with E-state index in [9.17, 15) is 14.9 Å². The standard InChI is InChI=1S/C13H20N4O4/c1-9-14-12(17(19)20)13(15(9)2)16-7-5-4-6-10(16)8-11(18)21-3/h10H,4-8H2,1-3H3. The summed E-state index contributed by atoms with van der Waals surface area (Å²) in [5.41, 5.74) is 0. The van der Waals surface area contributed by atoms with Crippen molar-refractivity contribution in [3.05, 3.63) is 15.9 Å². The lowest BCUT2D eigenvalue weighted by atomic mass is 9.99. The summed E-state index contributed by atoms with van der Waals surface area (Å²) in [5.74, 6) is 0.616. The van der Waals surface area contributed by atoms with Crippen LogP contribution in [0.4, 0.5) is 11.6 Å². The van der Waals surface area contributed by atoms with Crippen LogP contribution in [0.3, 0.4) is 0 Å². The van der Waals surface area contributed by atoms with Gasteiger partial charge in [-0.15, -0.1) is 0 Å². The molecule has 1 saturated heterocycles. The third-order valence-corrected chi connectivity index (χ3v) is 3.97. The fourth-order valence-electron chi connectivity index (χ4n) is 2.79. The molecule has 0 bridgehead atoms. The molecule has 8 heteroatoms. The highest BCUT2D eigenvalue weighted by molar-refractivity contribution is 5.71. The van der Waals surface area contributed by atoms with E-state index in [4.69, 9.17) is 4.74 Å². The van der Waals surface area contributed by atoms with Crippen molar-refractivity contribution in [2.45, 2.75) is 38.6 Å². The molecule has 1 aromatic heterocycles. The maximum Gasteiger partial charge on any atom is 0.406 e. The smallest absolute Gasteiger partial charge is 0.406 e. The van der Waals surface area contributed by atoms with Gasteiger partial charge in [0.25, 0.3) is 0 Å². The van der Waals surface area contributed by atoms with Gasteiger partial charge in [-0.3, -0.25) is 9.36 Å². The molecule has 1 aromatic rings. The zero-order chi connectivity index (χ0) is 15.6. The molecular weight excluding hydrogens is 276 g/mol. The molecule has 0 aliphatic carbocycles. The van der Waals surface area contributed by atoms with E-state index in [2.05, 4.69) is 4.98 Å². The maximum absolute atomic E-state index is 11.6. The van der Waals surface area contributed by atoms with Gasteiger partial charge in [-0.2, -0.15) is 0 Å². The molecule has 116 valence electrons. The van der Waals surface area contributed by atoms with Crippen LogP contribution in [-0.4, -0.2) is 40.1 Å². The van der Waals surface area contributed by atoms with Gasteiger partial charge < -0.3 is 19.8 Å². The van der Waals surface area contributed by atoms with E-state index in [1.165, 1.54) is 7.11 Å². The highest BCUT2D eigenvalue weighted by Gasteiger charge is 2.34. The average Bonchev–Trinajstić information content (AvgIpc) is 2.76. The van der Waals surface area contributed by atoms with Gasteiger partial charge in [0.1, 0.15) is 0 Å². The average molecular weight is 296 g/mol. The molecule has 1 atom stereocenters. The van der Waals surface area contributed by atoms with Crippen LogP contribution in [0.5, 0.6) is 0 Å². The zero-order valence-electron chi connectivity index (χ0n) is 12.5. The summed E-state index contributed by atoms with van der Waals surface area (Å²) in [6, 6.07) is -0.0836. The lowest BCUT2D eigenvalue weighted by Crippen LogP contribution is -2.42. The van der Waals surface area contributed by atoms with Crippen molar-refractivity contribution in [2.24, 2.45) is 7.05 Å². The highest BCUT2D eigenvalue weighted by atomic mass is 16.6. The SMILES string of the molecule is COC(=O)CC1CCCCN1c1c([N+](=O)[O-])nc(C)n1C. The Hall–Kier alpha value is -2.12. The molecule has 0 saturated carbocycles. The zero-order valence-corrected chi connectivity index (χ0v) is 12.5. The van der Waals surface area contributed by atoms with E-state index in [0.29, 0.717) is 18.2 Å². The number of hydrogen-bond donors (Lipinski definition) is 0. The second kappa shape index (κ2) is 6.11. The summed E-state index contributed by atoms with van der Waals surface area (Å²) < 4.78 is 6.44. The van der Waals surface area contributed by atoms with Gasteiger partial charge in [0.05, 0.1) is 13.5 Å². The number of hydrogen-bond acceptors (Lipinski definition) is 6. The third kappa shape index (κ3) is 2.98. The van der Waals surface area contributed by atoms with E-state index in [-0.39, 0.29) is 24.2 Å². The largest absolute Gasteiger partial charge is 0.469 e. The van der Waals surface area contributed by atoms with E-state index < -0.39 is 4.92 Å². The summed E-state index contributed by atoms with van der Waals surface area (Å²) in [7, 11) is 3.11. The van der Waals surface area contributed by atoms with Crippen molar-refractivity contribution in [2.75, 3.05) is 18.6 Å². The lowest BCUT2D eigenvalue weighted by molar-refractivity contribution is -0.388. The number of aryl methyl sites for hydroxylation is 1. The number of methoxy groups -OCH3 is 1. The summed E-state index contributed by atoms with van der Waals surface area (Å²) in [6.07, 6.45) is 3.00. The molecule has 0 spiro atoms. The molecule has 0 aromatic carbocycles. The molecule has 0 amide bonds. The van der Waals surface area contributed by atoms with E-state index >= 15 is 0 Å². The number of imidazole rings is 1. The monoisotopic (exact) mass is 296 g/mol. The number of nitrogens with zero attached hydrogens (tertiary/aromatic N) is 4. The summed E-state index contributed by atoms with van der Waals surface area (Å²) in [6.45, 7) is 2.41. The van der Waals surface area contributed by atoms with Crippen LogP contribution in [-0.2, 0) is 16.6 Å². The van der Waals surface area contributed by atoms with Gasteiger partial charge in [-0.25, -0.2) is 0 Å². The van der Waals surface area contributed by atoms with Crippen molar-refractivity contribution < 1.29 is 14.5 Å². The van der Waals surface area contributed by atoms with Crippen molar-refractivity contribution >= 4 is 17.6 Å². The van der Waals surface area contributed by atoms with Crippen LogP contribution in [0.15, 0.2) is 0 Å². The van der Waals surface area contributed by atoms with Crippen LogP contribution >= 0.6 is 0 Å². The molecule has 2 rings (SSSR count). The topological polar surface area (TPSA) is 90.5 Å². The Morgan fingerprint density at radius 2 is 2.24 bits per heavy atom. The number of aromatic nitrogens is 2. The van der Waals surface area contributed by atoms with Crippen LogP contribution < -0.4 is 4.90 Å². The van der Waals surface area contributed by atoms with E-state index in [1.54, 1.807) is 18.5 Å². The first-order valence-electron chi connectivity index (χ1n) is 6.96. The Bertz CT molecular complexity index is 555. The summed E-state index contributed by atoms with van der Waals surface area (Å²) in [5, 5.41) is 11.2. The fraction of sp³-hybridized carbons (Fsp3) is 0.692. The molecule has 2 heterocycles.